The van der Waals surface area contributed by atoms with Gasteiger partial charge in [0.25, 0.3) is 0 Å². The Balaban J connectivity index is 1.58. The van der Waals surface area contributed by atoms with E-state index in [-0.39, 0.29) is 12.2 Å². The Labute approximate surface area is 186 Å². The van der Waals surface area contributed by atoms with Crippen LogP contribution in [0.5, 0.6) is 5.75 Å². The van der Waals surface area contributed by atoms with Crippen LogP contribution in [0.2, 0.25) is 0 Å². The number of nitrogens with zero attached hydrogens (tertiary/aromatic N) is 6. The highest BCUT2D eigenvalue weighted by Gasteiger charge is 2.18. The maximum atomic E-state index is 14.2. The Morgan fingerprint density at radius 1 is 1.03 bits per heavy atom. The lowest BCUT2D eigenvalue weighted by Gasteiger charge is -2.10. The molecule has 4 aromatic heterocycles. The summed E-state index contributed by atoms with van der Waals surface area (Å²) in [5, 5.41) is 8.61. The molecule has 164 valence electrons. The van der Waals surface area contributed by atoms with Crippen LogP contribution in [0.25, 0.3) is 22.4 Å². The Morgan fingerprint density at radius 2 is 1.85 bits per heavy atom. The number of anilines is 2. The molecule has 0 atom stereocenters. The molecule has 0 saturated heterocycles. The summed E-state index contributed by atoms with van der Waals surface area (Å²) in [6.07, 6.45) is 5.86. The van der Waals surface area contributed by atoms with Crippen molar-refractivity contribution in [3.8, 4) is 17.3 Å². The topological polar surface area (TPSA) is 90.6 Å². The fourth-order valence-corrected chi connectivity index (χ4v) is 3.41. The summed E-state index contributed by atoms with van der Waals surface area (Å²) in [5.41, 5.74) is 2.10. The zero-order valence-electron chi connectivity index (χ0n) is 17.4. The summed E-state index contributed by atoms with van der Waals surface area (Å²) in [4.78, 5) is 16.9. The zero-order chi connectivity index (χ0) is 22.8. The molecule has 10 heteroatoms. The SMILES string of the molecule is COc1cnc(-c2nn(Cc3ncc(F)cc3F)c3ccccc23)nc1Nc1ccncc1. The molecule has 5 rings (SSSR count). The van der Waals surface area contributed by atoms with Crippen LogP contribution in [0.4, 0.5) is 20.3 Å². The van der Waals surface area contributed by atoms with Crippen LogP contribution < -0.4 is 10.1 Å². The van der Waals surface area contributed by atoms with Gasteiger partial charge in [-0.2, -0.15) is 5.10 Å². The number of hydrogen-bond acceptors (Lipinski definition) is 7. The van der Waals surface area contributed by atoms with Crippen LogP contribution in [0.15, 0.2) is 67.3 Å². The first kappa shape index (κ1) is 20.4. The maximum absolute atomic E-state index is 14.2. The first-order chi connectivity index (χ1) is 16.1. The predicted molar refractivity (Wildman–Crippen MR) is 118 cm³/mol. The molecule has 0 aliphatic rings. The predicted octanol–water partition coefficient (Wildman–Crippen LogP) is 4.36. The normalized spacial score (nSPS) is 11.0. The minimum atomic E-state index is -0.735. The van der Waals surface area contributed by atoms with Gasteiger partial charge >= 0.3 is 0 Å². The van der Waals surface area contributed by atoms with E-state index in [0.29, 0.717) is 23.1 Å². The van der Waals surface area contributed by atoms with Crippen molar-refractivity contribution >= 4 is 22.4 Å². The van der Waals surface area contributed by atoms with Gasteiger partial charge in [0.15, 0.2) is 17.4 Å². The van der Waals surface area contributed by atoms with E-state index in [1.54, 1.807) is 35.4 Å². The summed E-state index contributed by atoms with van der Waals surface area (Å²) in [6.45, 7) is 0.0188. The summed E-state index contributed by atoms with van der Waals surface area (Å²) in [6, 6.07) is 11.9. The number of methoxy groups -OCH3 is 1. The number of hydrogen-bond donors (Lipinski definition) is 1. The minimum absolute atomic E-state index is 0.0188. The molecule has 0 spiro atoms. The van der Waals surface area contributed by atoms with Gasteiger partial charge in [0.1, 0.15) is 17.3 Å². The molecular formula is C23H17F2N7O. The largest absolute Gasteiger partial charge is 0.491 e. The van der Waals surface area contributed by atoms with E-state index < -0.39 is 11.6 Å². The van der Waals surface area contributed by atoms with Gasteiger partial charge in [-0.05, 0) is 18.2 Å². The van der Waals surface area contributed by atoms with Crippen LogP contribution >= 0.6 is 0 Å². The number of fused-ring (bicyclic) bond motifs is 1. The van der Waals surface area contributed by atoms with Crippen molar-refractivity contribution in [3.63, 3.8) is 0 Å². The molecule has 1 aromatic carbocycles. The molecule has 5 aromatic rings. The third-order valence-corrected chi connectivity index (χ3v) is 4.97. The second kappa shape index (κ2) is 8.58. The van der Waals surface area contributed by atoms with E-state index >= 15 is 0 Å². The average molecular weight is 445 g/mol. The van der Waals surface area contributed by atoms with Crippen LogP contribution in [0.3, 0.4) is 0 Å². The number of para-hydroxylation sites is 1. The quantitative estimate of drug-likeness (QED) is 0.415. The van der Waals surface area contributed by atoms with Gasteiger partial charge in [0, 0.05) is 29.5 Å². The zero-order valence-corrected chi connectivity index (χ0v) is 17.4. The minimum Gasteiger partial charge on any atom is -0.491 e. The molecule has 8 nitrogen and oxygen atoms in total. The highest BCUT2D eigenvalue weighted by Crippen LogP contribution is 2.31. The number of aromatic nitrogens is 6. The molecule has 0 bridgehead atoms. The number of ether oxygens (including phenoxy) is 1. The molecule has 0 amide bonds. The summed E-state index contributed by atoms with van der Waals surface area (Å²) in [7, 11) is 1.53. The van der Waals surface area contributed by atoms with Crippen molar-refractivity contribution < 1.29 is 13.5 Å². The highest BCUT2D eigenvalue weighted by molar-refractivity contribution is 5.92. The molecule has 0 saturated carbocycles. The smallest absolute Gasteiger partial charge is 0.183 e. The molecular weight excluding hydrogens is 428 g/mol. The molecule has 0 fully saturated rings. The van der Waals surface area contributed by atoms with Crippen molar-refractivity contribution in [1.29, 1.82) is 0 Å². The third-order valence-electron chi connectivity index (χ3n) is 4.97. The summed E-state index contributed by atoms with van der Waals surface area (Å²) >= 11 is 0. The van der Waals surface area contributed by atoms with Crippen LogP contribution in [-0.4, -0.2) is 36.8 Å². The first-order valence-electron chi connectivity index (χ1n) is 9.96. The first-order valence-corrected chi connectivity index (χ1v) is 9.96. The monoisotopic (exact) mass is 445 g/mol. The van der Waals surface area contributed by atoms with Crippen molar-refractivity contribution in [2.75, 3.05) is 12.4 Å². The van der Waals surface area contributed by atoms with Crippen molar-refractivity contribution in [3.05, 3.63) is 84.6 Å². The van der Waals surface area contributed by atoms with Gasteiger partial charge in [0.05, 0.1) is 37.3 Å². The number of halogens is 2. The second-order valence-corrected chi connectivity index (χ2v) is 7.08. The number of nitrogens with one attached hydrogen (secondary N) is 1. The molecule has 33 heavy (non-hydrogen) atoms. The fourth-order valence-electron chi connectivity index (χ4n) is 3.41. The third kappa shape index (κ3) is 4.05. The van der Waals surface area contributed by atoms with E-state index in [1.807, 2.05) is 24.3 Å². The maximum Gasteiger partial charge on any atom is 0.183 e. The van der Waals surface area contributed by atoms with E-state index in [1.165, 1.54) is 7.11 Å². The van der Waals surface area contributed by atoms with E-state index in [9.17, 15) is 8.78 Å². The van der Waals surface area contributed by atoms with Gasteiger partial charge in [-0.3, -0.25) is 14.6 Å². The average Bonchev–Trinajstić information content (AvgIpc) is 3.20. The van der Waals surface area contributed by atoms with Crippen molar-refractivity contribution in [1.82, 2.24) is 29.7 Å². The van der Waals surface area contributed by atoms with Crippen molar-refractivity contribution in [2.24, 2.45) is 0 Å². The van der Waals surface area contributed by atoms with Gasteiger partial charge in [-0.1, -0.05) is 18.2 Å². The number of benzene rings is 1. The number of pyridine rings is 2. The molecule has 1 N–H and O–H groups in total. The van der Waals surface area contributed by atoms with Crippen molar-refractivity contribution in [2.45, 2.75) is 6.54 Å². The molecule has 0 radical (unpaired) electrons. The van der Waals surface area contributed by atoms with Gasteiger partial charge in [-0.25, -0.2) is 18.7 Å². The second-order valence-electron chi connectivity index (χ2n) is 7.08. The molecule has 4 heterocycles. The summed E-state index contributed by atoms with van der Waals surface area (Å²) in [5.74, 6) is -0.200. The standard InChI is InChI=1S/C23H17F2N7O/c1-33-20-12-28-23(30-22(20)29-15-6-8-26-9-7-15)21-16-4-2-3-5-19(16)32(31-21)13-18-17(25)10-14(24)11-27-18/h2-12H,13H2,1H3,(H,26,28,29,30). The van der Waals surface area contributed by atoms with E-state index in [0.717, 1.165) is 28.9 Å². The van der Waals surface area contributed by atoms with Crippen LogP contribution in [-0.2, 0) is 6.54 Å². The van der Waals surface area contributed by atoms with E-state index in [2.05, 4.69) is 30.4 Å². The lowest BCUT2D eigenvalue weighted by molar-refractivity contribution is 0.413. The van der Waals surface area contributed by atoms with Gasteiger partial charge < -0.3 is 10.1 Å². The molecule has 0 aliphatic carbocycles. The highest BCUT2D eigenvalue weighted by atomic mass is 19.1. The lowest BCUT2D eigenvalue weighted by Crippen LogP contribution is -2.07. The lowest BCUT2D eigenvalue weighted by atomic mass is 10.2. The van der Waals surface area contributed by atoms with E-state index in [4.69, 9.17) is 4.74 Å². The molecule has 0 unspecified atom stereocenters. The Kier molecular flexibility index (Phi) is 5.31. The molecule has 0 aliphatic heterocycles. The Hall–Kier alpha value is -4.47. The summed E-state index contributed by atoms with van der Waals surface area (Å²) < 4.78 is 34.5. The number of rotatable bonds is 6. The van der Waals surface area contributed by atoms with Crippen LogP contribution in [0, 0.1) is 11.6 Å². The Bertz CT molecular complexity index is 1440. The van der Waals surface area contributed by atoms with Gasteiger partial charge in [-0.15, -0.1) is 0 Å². The van der Waals surface area contributed by atoms with Crippen LogP contribution in [0.1, 0.15) is 5.69 Å². The fraction of sp³-hybridized carbons (Fsp3) is 0.0870. The van der Waals surface area contributed by atoms with Gasteiger partial charge in [0.2, 0.25) is 0 Å². The Morgan fingerprint density at radius 3 is 2.64 bits per heavy atom.